The summed E-state index contributed by atoms with van der Waals surface area (Å²) in [6, 6.07) is 16.1. The van der Waals surface area contributed by atoms with E-state index < -0.39 is 5.97 Å². The van der Waals surface area contributed by atoms with Crippen LogP contribution in [0.2, 0.25) is 0 Å². The fourth-order valence-corrected chi connectivity index (χ4v) is 2.37. The van der Waals surface area contributed by atoms with Gasteiger partial charge in [0.2, 0.25) is 0 Å². The monoisotopic (exact) mass is 267 g/mol. The Morgan fingerprint density at radius 1 is 1.05 bits per heavy atom. The van der Waals surface area contributed by atoms with Crippen LogP contribution in [0.1, 0.15) is 16.1 Å². The van der Waals surface area contributed by atoms with Crippen molar-refractivity contribution >= 4 is 16.9 Å². The standard InChI is InChI=1S/C16H13NO3/c18-13-6-7-14-12(8-13)9-15(16(19)20)17(14)10-11-4-2-1-3-5-11/h1-9,18H,10H2,(H,19,20). The molecule has 3 aromatic rings. The maximum absolute atomic E-state index is 11.4. The van der Waals surface area contributed by atoms with Crippen LogP contribution in [0.15, 0.2) is 54.6 Å². The number of carbonyl (C=O) groups is 1. The van der Waals surface area contributed by atoms with E-state index in [9.17, 15) is 15.0 Å². The second kappa shape index (κ2) is 4.74. The van der Waals surface area contributed by atoms with Gasteiger partial charge in [-0.2, -0.15) is 0 Å². The van der Waals surface area contributed by atoms with Gasteiger partial charge in [-0.15, -0.1) is 0 Å². The van der Waals surface area contributed by atoms with E-state index >= 15 is 0 Å². The number of aromatic hydroxyl groups is 1. The minimum atomic E-state index is -0.975. The summed E-state index contributed by atoms with van der Waals surface area (Å²) < 4.78 is 1.74. The van der Waals surface area contributed by atoms with Crippen LogP contribution in [0.25, 0.3) is 10.9 Å². The average Bonchev–Trinajstić information content (AvgIpc) is 2.78. The lowest BCUT2D eigenvalue weighted by molar-refractivity contribution is 0.0686. The molecule has 4 heteroatoms. The van der Waals surface area contributed by atoms with Crippen LogP contribution >= 0.6 is 0 Å². The van der Waals surface area contributed by atoms with E-state index in [-0.39, 0.29) is 11.4 Å². The van der Waals surface area contributed by atoms with Crippen molar-refractivity contribution in [2.24, 2.45) is 0 Å². The molecule has 0 aliphatic carbocycles. The van der Waals surface area contributed by atoms with E-state index in [0.29, 0.717) is 6.54 Å². The third kappa shape index (κ3) is 2.12. The van der Waals surface area contributed by atoms with Crippen molar-refractivity contribution in [1.29, 1.82) is 0 Å². The van der Waals surface area contributed by atoms with Crippen molar-refractivity contribution in [1.82, 2.24) is 4.57 Å². The molecule has 4 nitrogen and oxygen atoms in total. The van der Waals surface area contributed by atoms with Gasteiger partial charge < -0.3 is 14.8 Å². The van der Waals surface area contributed by atoms with Crippen molar-refractivity contribution < 1.29 is 15.0 Å². The lowest BCUT2D eigenvalue weighted by atomic mass is 10.2. The molecule has 0 radical (unpaired) electrons. The summed E-state index contributed by atoms with van der Waals surface area (Å²) in [6.07, 6.45) is 0. The second-order valence-corrected chi connectivity index (χ2v) is 4.65. The quantitative estimate of drug-likeness (QED) is 0.766. The molecule has 0 amide bonds. The van der Waals surface area contributed by atoms with Gasteiger partial charge >= 0.3 is 5.97 Å². The predicted molar refractivity (Wildman–Crippen MR) is 76.1 cm³/mol. The molecule has 2 N–H and O–H groups in total. The normalized spacial score (nSPS) is 10.8. The van der Waals surface area contributed by atoms with Gasteiger partial charge in [0.05, 0.1) is 0 Å². The molecule has 0 aliphatic heterocycles. The number of hydrogen-bond acceptors (Lipinski definition) is 2. The van der Waals surface area contributed by atoms with Crippen molar-refractivity contribution in [3.8, 4) is 5.75 Å². The van der Waals surface area contributed by atoms with Crippen LogP contribution in [0.4, 0.5) is 0 Å². The molecule has 1 aromatic heterocycles. The number of fused-ring (bicyclic) bond motifs is 1. The summed E-state index contributed by atoms with van der Waals surface area (Å²) in [5.74, 6) is -0.845. The molecule has 0 spiro atoms. The Morgan fingerprint density at radius 3 is 2.50 bits per heavy atom. The number of hydrogen-bond donors (Lipinski definition) is 2. The number of aromatic nitrogens is 1. The van der Waals surface area contributed by atoms with Crippen LogP contribution in [0, 0.1) is 0 Å². The first kappa shape index (κ1) is 12.3. The van der Waals surface area contributed by atoms with E-state index in [1.54, 1.807) is 28.8 Å². The predicted octanol–water partition coefficient (Wildman–Crippen LogP) is 3.09. The van der Waals surface area contributed by atoms with E-state index in [1.165, 1.54) is 0 Å². The molecule has 0 saturated heterocycles. The van der Waals surface area contributed by atoms with E-state index in [1.807, 2.05) is 30.3 Å². The van der Waals surface area contributed by atoms with E-state index in [2.05, 4.69) is 0 Å². The third-order valence-electron chi connectivity index (χ3n) is 3.29. The molecule has 0 atom stereocenters. The van der Waals surface area contributed by atoms with Gasteiger partial charge in [0, 0.05) is 17.4 Å². The van der Waals surface area contributed by atoms with Crippen molar-refractivity contribution in [3.63, 3.8) is 0 Å². The maximum Gasteiger partial charge on any atom is 0.352 e. The lowest BCUT2D eigenvalue weighted by Crippen LogP contribution is -2.09. The van der Waals surface area contributed by atoms with Crippen molar-refractivity contribution in [2.75, 3.05) is 0 Å². The van der Waals surface area contributed by atoms with Gasteiger partial charge in [-0.3, -0.25) is 0 Å². The first-order chi connectivity index (χ1) is 9.65. The number of aromatic carboxylic acids is 1. The highest BCUT2D eigenvalue weighted by molar-refractivity contribution is 5.95. The van der Waals surface area contributed by atoms with Gasteiger partial charge in [0.25, 0.3) is 0 Å². The molecule has 0 unspecified atom stereocenters. The first-order valence-corrected chi connectivity index (χ1v) is 6.24. The number of carboxylic acids is 1. The van der Waals surface area contributed by atoms with Crippen LogP contribution in [0.5, 0.6) is 5.75 Å². The maximum atomic E-state index is 11.4. The Hall–Kier alpha value is -2.75. The van der Waals surface area contributed by atoms with E-state index in [4.69, 9.17) is 0 Å². The smallest absolute Gasteiger partial charge is 0.352 e. The number of rotatable bonds is 3. The summed E-state index contributed by atoms with van der Waals surface area (Å²) in [5.41, 5.74) is 2.04. The summed E-state index contributed by atoms with van der Waals surface area (Å²) in [7, 11) is 0. The summed E-state index contributed by atoms with van der Waals surface area (Å²) in [5, 5.41) is 19.6. The Morgan fingerprint density at radius 2 is 1.80 bits per heavy atom. The van der Waals surface area contributed by atoms with Gasteiger partial charge in [-0.25, -0.2) is 4.79 Å². The SMILES string of the molecule is O=C(O)c1cc2cc(O)ccc2n1Cc1ccccc1. The van der Waals surface area contributed by atoms with Crippen LogP contribution in [0.3, 0.4) is 0 Å². The Labute approximate surface area is 115 Å². The third-order valence-corrected chi connectivity index (χ3v) is 3.29. The molecule has 0 saturated carbocycles. The van der Waals surface area contributed by atoms with Crippen molar-refractivity contribution in [2.45, 2.75) is 6.54 Å². The second-order valence-electron chi connectivity index (χ2n) is 4.65. The van der Waals surface area contributed by atoms with Gasteiger partial charge in [0.15, 0.2) is 0 Å². The minimum Gasteiger partial charge on any atom is -0.508 e. The van der Waals surface area contributed by atoms with Crippen LogP contribution in [-0.4, -0.2) is 20.7 Å². The molecule has 1 heterocycles. The highest BCUT2D eigenvalue weighted by atomic mass is 16.4. The summed E-state index contributed by atoms with van der Waals surface area (Å²) in [4.78, 5) is 11.4. The lowest BCUT2D eigenvalue weighted by Gasteiger charge is -2.08. The number of carboxylic acid groups (broad SMARTS) is 1. The zero-order chi connectivity index (χ0) is 14.1. The molecule has 0 aliphatic rings. The van der Waals surface area contributed by atoms with Crippen LogP contribution < -0.4 is 0 Å². The molecule has 100 valence electrons. The number of phenolic OH excluding ortho intramolecular Hbond substituents is 1. The fourth-order valence-electron chi connectivity index (χ4n) is 2.37. The summed E-state index contributed by atoms with van der Waals surface area (Å²) >= 11 is 0. The Bertz CT molecular complexity index is 775. The average molecular weight is 267 g/mol. The highest BCUT2D eigenvalue weighted by Crippen LogP contribution is 2.25. The van der Waals surface area contributed by atoms with Gasteiger partial charge in [0.1, 0.15) is 11.4 Å². The zero-order valence-electron chi connectivity index (χ0n) is 10.7. The molecule has 3 rings (SSSR count). The first-order valence-electron chi connectivity index (χ1n) is 6.24. The number of benzene rings is 2. The van der Waals surface area contributed by atoms with E-state index in [0.717, 1.165) is 16.5 Å². The highest BCUT2D eigenvalue weighted by Gasteiger charge is 2.15. The number of phenols is 1. The van der Waals surface area contributed by atoms with Gasteiger partial charge in [-0.1, -0.05) is 30.3 Å². The largest absolute Gasteiger partial charge is 0.508 e. The summed E-state index contributed by atoms with van der Waals surface area (Å²) in [6.45, 7) is 0.483. The topological polar surface area (TPSA) is 62.5 Å². The minimum absolute atomic E-state index is 0.131. The Balaban J connectivity index is 2.16. The molecule has 2 aromatic carbocycles. The van der Waals surface area contributed by atoms with Crippen LogP contribution in [-0.2, 0) is 6.54 Å². The Kier molecular flexibility index (Phi) is 2.91. The van der Waals surface area contributed by atoms with Gasteiger partial charge in [-0.05, 0) is 29.8 Å². The number of nitrogens with zero attached hydrogens (tertiary/aromatic N) is 1. The molecule has 0 fully saturated rings. The molecule has 20 heavy (non-hydrogen) atoms. The fraction of sp³-hybridized carbons (Fsp3) is 0.0625. The molecular weight excluding hydrogens is 254 g/mol. The molecule has 0 bridgehead atoms. The van der Waals surface area contributed by atoms with Crippen molar-refractivity contribution in [3.05, 3.63) is 65.9 Å². The molecular formula is C16H13NO3. The zero-order valence-corrected chi connectivity index (χ0v) is 10.7.